The van der Waals surface area contributed by atoms with Gasteiger partial charge in [-0.15, -0.1) is 0 Å². The van der Waals surface area contributed by atoms with Crippen molar-refractivity contribution in [2.45, 2.75) is 20.0 Å². The van der Waals surface area contributed by atoms with Crippen LogP contribution in [0.2, 0.25) is 0 Å². The van der Waals surface area contributed by atoms with Gasteiger partial charge in [-0.2, -0.15) is 0 Å². The van der Waals surface area contributed by atoms with Crippen LogP contribution in [-0.2, 0) is 19.1 Å². The van der Waals surface area contributed by atoms with Crippen LogP contribution in [-0.4, -0.2) is 38.1 Å². The number of methoxy groups -OCH3 is 2. The molecule has 2 rings (SSSR count). The third-order valence-electron chi connectivity index (χ3n) is 3.95. The molecule has 0 radical (unpaired) electrons. The predicted molar refractivity (Wildman–Crippen MR) is 112 cm³/mol. The minimum absolute atomic E-state index is 0.0699. The van der Waals surface area contributed by atoms with Crippen molar-refractivity contribution in [1.29, 1.82) is 0 Å². The predicted octanol–water partition coefficient (Wildman–Crippen LogP) is 2.75. The van der Waals surface area contributed by atoms with Gasteiger partial charge < -0.3 is 24.8 Å². The van der Waals surface area contributed by atoms with E-state index in [-0.39, 0.29) is 5.70 Å². The second-order valence-corrected chi connectivity index (χ2v) is 6.26. The molecule has 2 N–H and O–H groups in total. The zero-order valence-corrected chi connectivity index (χ0v) is 17.2. The van der Waals surface area contributed by atoms with Crippen LogP contribution >= 0.6 is 0 Å². The van der Waals surface area contributed by atoms with Crippen molar-refractivity contribution in [1.82, 2.24) is 5.32 Å². The minimum Gasteiger partial charge on any atom is -0.493 e. The van der Waals surface area contributed by atoms with Gasteiger partial charge in [-0.05, 0) is 30.7 Å². The van der Waals surface area contributed by atoms with Gasteiger partial charge in [-0.1, -0.05) is 30.3 Å². The van der Waals surface area contributed by atoms with Crippen molar-refractivity contribution in [3.63, 3.8) is 0 Å². The second kappa shape index (κ2) is 10.7. The quantitative estimate of drug-likeness (QED) is 0.511. The van der Waals surface area contributed by atoms with E-state index in [0.29, 0.717) is 22.7 Å². The average Bonchev–Trinajstić information content (AvgIpc) is 2.73. The Morgan fingerprint density at radius 3 is 2.23 bits per heavy atom. The minimum atomic E-state index is -1.11. The lowest BCUT2D eigenvalue weighted by Gasteiger charge is -2.16. The lowest BCUT2D eigenvalue weighted by Crippen LogP contribution is -2.33. The van der Waals surface area contributed by atoms with Gasteiger partial charge in [-0.25, -0.2) is 4.79 Å². The first-order chi connectivity index (χ1) is 14.3. The normalized spacial score (nSPS) is 11.8. The van der Waals surface area contributed by atoms with E-state index in [4.69, 9.17) is 14.2 Å². The average molecular weight is 412 g/mol. The van der Waals surface area contributed by atoms with Crippen molar-refractivity contribution in [2.24, 2.45) is 0 Å². The maximum Gasteiger partial charge on any atom is 0.355 e. The molecule has 2 aromatic carbocycles. The molecule has 0 aromatic heterocycles. The lowest BCUT2D eigenvalue weighted by atomic mass is 10.2. The topological polar surface area (TPSA) is 103 Å². The molecular weight excluding hydrogens is 388 g/mol. The number of anilines is 1. The number of carbonyl (C=O) groups excluding carboxylic acids is 3. The van der Waals surface area contributed by atoms with E-state index in [1.807, 2.05) is 6.07 Å². The first kappa shape index (κ1) is 22.5. The molecule has 158 valence electrons. The molecule has 2 amide bonds. The highest BCUT2D eigenvalue weighted by Crippen LogP contribution is 2.29. The van der Waals surface area contributed by atoms with Crippen LogP contribution < -0.4 is 20.1 Å². The highest BCUT2D eigenvalue weighted by molar-refractivity contribution is 6.00. The van der Waals surface area contributed by atoms with Crippen LogP contribution in [0.3, 0.4) is 0 Å². The summed E-state index contributed by atoms with van der Waals surface area (Å²) in [5.41, 5.74) is 1.07. The van der Waals surface area contributed by atoms with Gasteiger partial charge in [0, 0.05) is 18.7 Å². The SMILES string of the molecule is COc1ccc(NC(=O)[C@H](C)OC(=O)/C(=C/c2ccccc2)NC(C)=O)cc1OC. The summed E-state index contributed by atoms with van der Waals surface area (Å²) in [6, 6.07) is 13.8. The Balaban J connectivity index is 2.09. The molecule has 0 bridgehead atoms. The monoisotopic (exact) mass is 412 g/mol. The molecule has 8 nitrogen and oxygen atoms in total. The summed E-state index contributed by atoms with van der Waals surface area (Å²) in [7, 11) is 2.99. The summed E-state index contributed by atoms with van der Waals surface area (Å²) >= 11 is 0. The van der Waals surface area contributed by atoms with Crippen LogP contribution in [0.25, 0.3) is 6.08 Å². The molecule has 0 fully saturated rings. The molecule has 30 heavy (non-hydrogen) atoms. The van der Waals surface area contributed by atoms with Crippen LogP contribution in [0.5, 0.6) is 11.5 Å². The lowest BCUT2D eigenvalue weighted by molar-refractivity contribution is -0.149. The molecule has 8 heteroatoms. The molecule has 1 atom stereocenters. The van der Waals surface area contributed by atoms with E-state index in [1.54, 1.807) is 42.5 Å². The number of nitrogens with one attached hydrogen (secondary N) is 2. The number of carbonyl (C=O) groups is 3. The summed E-state index contributed by atoms with van der Waals surface area (Å²) in [6.07, 6.45) is 0.362. The maximum absolute atomic E-state index is 12.5. The Bertz CT molecular complexity index is 940. The Morgan fingerprint density at radius 1 is 0.967 bits per heavy atom. The standard InChI is InChI=1S/C22H24N2O6/c1-14(21(26)24-17-10-11-19(28-3)20(13-17)29-4)30-22(27)18(23-15(2)25)12-16-8-6-5-7-9-16/h5-14H,1-4H3,(H,23,25)(H,24,26)/b18-12-/t14-/m0/s1. The summed E-state index contributed by atoms with van der Waals surface area (Å²) in [6.45, 7) is 2.71. The molecule has 0 spiro atoms. The first-order valence-electron chi connectivity index (χ1n) is 9.12. The highest BCUT2D eigenvalue weighted by atomic mass is 16.5. The molecule has 0 saturated heterocycles. The van der Waals surface area contributed by atoms with Crippen LogP contribution in [0.15, 0.2) is 54.2 Å². The van der Waals surface area contributed by atoms with Gasteiger partial charge in [0.15, 0.2) is 17.6 Å². The number of hydrogen-bond acceptors (Lipinski definition) is 6. The van der Waals surface area contributed by atoms with Crippen molar-refractivity contribution in [3.8, 4) is 11.5 Å². The van der Waals surface area contributed by atoms with Crippen molar-refractivity contribution >= 4 is 29.5 Å². The first-order valence-corrected chi connectivity index (χ1v) is 9.12. The molecule has 0 aliphatic heterocycles. The number of benzene rings is 2. The molecule has 0 aliphatic carbocycles. The van der Waals surface area contributed by atoms with Crippen LogP contribution in [0.1, 0.15) is 19.4 Å². The summed E-state index contributed by atoms with van der Waals surface area (Å²) in [4.78, 5) is 36.4. The van der Waals surface area contributed by atoms with Crippen molar-refractivity contribution in [2.75, 3.05) is 19.5 Å². The number of amides is 2. The van der Waals surface area contributed by atoms with Gasteiger partial charge >= 0.3 is 5.97 Å². The summed E-state index contributed by atoms with van der Waals surface area (Å²) < 4.78 is 15.6. The second-order valence-electron chi connectivity index (χ2n) is 6.26. The van der Waals surface area contributed by atoms with Gasteiger partial charge in [-0.3, -0.25) is 9.59 Å². The fourth-order valence-corrected chi connectivity index (χ4v) is 2.49. The molecule has 0 aliphatic rings. The Hall–Kier alpha value is -3.81. The fourth-order valence-electron chi connectivity index (χ4n) is 2.49. The van der Waals surface area contributed by atoms with E-state index in [2.05, 4.69) is 10.6 Å². The summed E-state index contributed by atoms with van der Waals surface area (Å²) in [5.74, 6) is -0.849. The fraction of sp³-hybridized carbons (Fsp3) is 0.227. The maximum atomic E-state index is 12.5. The molecule has 0 heterocycles. The van der Waals surface area contributed by atoms with Crippen molar-refractivity contribution < 1.29 is 28.6 Å². The Morgan fingerprint density at radius 2 is 1.63 bits per heavy atom. The zero-order chi connectivity index (χ0) is 22.1. The number of ether oxygens (including phenoxy) is 3. The number of esters is 1. The Kier molecular flexibility index (Phi) is 7.99. The van der Waals surface area contributed by atoms with E-state index >= 15 is 0 Å². The number of rotatable bonds is 8. The molecule has 0 saturated carbocycles. The van der Waals surface area contributed by atoms with Gasteiger partial charge in [0.2, 0.25) is 5.91 Å². The molecule has 0 unspecified atom stereocenters. The number of hydrogen-bond donors (Lipinski definition) is 2. The van der Waals surface area contributed by atoms with Gasteiger partial charge in [0.05, 0.1) is 14.2 Å². The van der Waals surface area contributed by atoms with E-state index in [9.17, 15) is 14.4 Å². The third-order valence-corrected chi connectivity index (χ3v) is 3.95. The Labute approximate surface area is 174 Å². The van der Waals surface area contributed by atoms with E-state index < -0.39 is 23.9 Å². The van der Waals surface area contributed by atoms with Crippen molar-refractivity contribution in [3.05, 3.63) is 59.8 Å². The van der Waals surface area contributed by atoms with E-state index in [1.165, 1.54) is 34.1 Å². The zero-order valence-electron chi connectivity index (χ0n) is 17.2. The summed E-state index contributed by atoms with van der Waals surface area (Å²) in [5, 5.41) is 5.08. The molecule has 2 aromatic rings. The van der Waals surface area contributed by atoms with Gasteiger partial charge in [0.1, 0.15) is 5.70 Å². The smallest absolute Gasteiger partial charge is 0.355 e. The van der Waals surface area contributed by atoms with Gasteiger partial charge in [0.25, 0.3) is 5.91 Å². The largest absolute Gasteiger partial charge is 0.493 e. The van der Waals surface area contributed by atoms with E-state index in [0.717, 1.165) is 0 Å². The van der Waals surface area contributed by atoms with Crippen LogP contribution in [0.4, 0.5) is 5.69 Å². The third kappa shape index (κ3) is 6.37. The van der Waals surface area contributed by atoms with Crippen LogP contribution in [0, 0.1) is 0 Å². The molecular formula is C22H24N2O6. The highest BCUT2D eigenvalue weighted by Gasteiger charge is 2.22.